The van der Waals surface area contributed by atoms with Gasteiger partial charge in [0.1, 0.15) is 11.9 Å². The molecule has 3 nitrogen and oxygen atoms in total. The number of ketones is 1. The number of hydrogen-bond donors (Lipinski definition) is 2. The summed E-state index contributed by atoms with van der Waals surface area (Å²) in [7, 11) is 0. The average Bonchev–Trinajstić information content (AvgIpc) is 2.36. The van der Waals surface area contributed by atoms with E-state index in [1.165, 1.54) is 12.2 Å². The van der Waals surface area contributed by atoms with Crippen LogP contribution < -0.4 is 0 Å². The van der Waals surface area contributed by atoms with Crippen LogP contribution >= 0.6 is 0 Å². The van der Waals surface area contributed by atoms with Crippen LogP contribution in [0.2, 0.25) is 0 Å². The lowest BCUT2D eigenvalue weighted by Crippen LogP contribution is -2.26. The van der Waals surface area contributed by atoms with Crippen molar-refractivity contribution in [3.63, 3.8) is 0 Å². The molecule has 0 radical (unpaired) electrons. The highest BCUT2D eigenvalue weighted by molar-refractivity contribution is 6.09. The molecule has 0 spiro atoms. The van der Waals surface area contributed by atoms with Crippen molar-refractivity contribution in [3.05, 3.63) is 65.8 Å². The number of Topliss-reactive ketones (excluding diaryl/α,β-unsaturated/α-hetero) is 1. The number of carbonyl (C=O) groups is 1. The molecule has 0 saturated heterocycles. The maximum Gasteiger partial charge on any atom is 0.199 e. The molecule has 2 rings (SSSR count). The van der Waals surface area contributed by atoms with Gasteiger partial charge in [-0.15, -0.1) is 0 Å². The Labute approximate surface area is 99.0 Å². The van der Waals surface area contributed by atoms with Crippen LogP contribution in [0.5, 0.6) is 0 Å². The minimum Gasteiger partial charge on any atom is -0.507 e. The first-order valence-corrected chi connectivity index (χ1v) is 5.19. The van der Waals surface area contributed by atoms with Gasteiger partial charge in [-0.2, -0.15) is 0 Å². The van der Waals surface area contributed by atoms with Crippen LogP contribution in [0, 0.1) is 0 Å². The predicted molar refractivity (Wildman–Crippen MR) is 65.3 cm³/mol. The van der Waals surface area contributed by atoms with Crippen molar-refractivity contribution in [3.8, 4) is 0 Å². The third kappa shape index (κ3) is 2.05. The largest absolute Gasteiger partial charge is 0.507 e. The Balaban J connectivity index is 2.49. The summed E-state index contributed by atoms with van der Waals surface area (Å²) < 4.78 is 0. The van der Waals surface area contributed by atoms with E-state index in [0.717, 1.165) is 0 Å². The van der Waals surface area contributed by atoms with E-state index >= 15 is 0 Å². The summed E-state index contributed by atoms with van der Waals surface area (Å²) in [6, 6.07) is 8.73. The maximum absolute atomic E-state index is 11.8. The standard InChI is InChI=1S/C14H12O3/c1-9-7-8-11(14(17)12(9)15)13(16)10-5-3-2-4-6-10/h2-8,12,15-16H,1H2. The van der Waals surface area contributed by atoms with Crippen molar-refractivity contribution in [1.29, 1.82) is 0 Å². The van der Waals surface area contributed by atoms with Crippen molar-refractivity contribution >= 4 is 11.5 Å². The lowest BCUT2D eigenvalue weighted by Gasteiger charge is -2.16. The third-order valence-corrected chi connectivity index (χ3v) is 2.63. The van der Waals surface area contributed by atoms with Crippen LogP contribution in [-0.2, 0) is 4.79 Å². The fraction of sp³-hybridized carbons (Fsp3) is 0.0714. The SMILES string of the molecule is C=C1C=CC(=C(O)c2ccccc2)C(=O)C1O. The van der Waals surface area contributed by atoms with Gasteiger partial charge in [-0.3, -0.25) is 4.79 Å². The van der Waals surface area contributed by atoms with Crippen molar-refractivity contribution in [2.45, 2.75) is 6.10 Å². The van der Waals surface area contributed by atoms with Gasteiger partial charge < -0.3 is 10.2 Å². The second kappa shape index (κ2) is 4.39. The molecular formula is C14H12O3. The molecule has 0 saturated carbocycles. The molecule has 86 valence electrons. The molecule has 17 heavy (non-hydrogen) atoms. The number of rotatable bonds is 1. The molecule has 0 aromatic heterocycles. The van der Waals surface area contributed by atoms with Gasteiger partial charge in [-0.05, 0) is 11.6 Å². The normalized spacial score (nSPS) is 22.8. The Morgan fingerprint density at radius 2 is 1.82 bits per heavy atom. The molecule has 2 N–H and O–H groups in total. The van der Waals surface area contributed by atoms with Gasteiger partial charge in [0.15, 0.2) is 5.78 Å². The van der Waals surface area contributed by atoms with Crippen molar-refractivity contribution in [2.75, 3.05) is 0 Å². The first-order valence-electron chi connectivity index (χ1n) is 5.19. The van der Waals surface area contributed by atoms with Gasteiger partial charge in [0.2, 0.25) is 0 Å². The van der Waals surface area contributed by atoms with E-state index < -0.39 is 11.9 Å². The van der Waals surface area contributed by atoms with Crippen LogP contribution in [-0.4, -0.2) is 22.1 Å². The van der Waals surface area contributed by atoms with Crippen molar-refractivity contribution in [1.82, 2.24) is 0 Å². The molecule has 3 heteroatoms. The molecule has 1 aliphatic rings. The lowest BCUT2D eigenvalue weighted by molar-refractivity contribution is -0.121. The molecule has 1 unspecified atom stereocenters. The highest BCUT2D eigenvalue weighted by Crippen LogP contribution is 2.24. The summed E-state index contributed by atoms with van der Waals surface area (Å²) in [6.07, 6.45) is 1.74. The van der Waals surface area contributed by atoms with Gasteiger partial charge >= 0.3 is 0 Å². The van der Waals surface area contributed by atoms with Crippen LogP contribution in [0.1, 0.15) is 5.56 Å². The molecule has 0 aliphatic heterocycles. The minimum atomic E-state index is -1.26. The number of carbonyl (C=O) groups excluding carboxylic acids is 1. The Hall–Kier alpha value is -2.13. The molecule has 0 bridgehead atoms. The van der Waals surface area contributed by atoms with Crippen LogP contribution in [0.3, 0.4) is 0 Å². The fourth-order valence-corrected chi connectivity index (χ4v) is 1.63. The molecule has 1 aliphatic carbocycles. The van der Waals surface area contributed by atoms with Gasteiger partial charge in [-0.25, -0.2) is 0 Å². The zero-order valence-corrected chi connectivity index (χ0v) is 9.13. The summed E-state index contributed by atoms with van der Waals surface area (Å²) in [5.74, 6) is -0.655. The number of hydrogen-bond acceptors (Lipinski definition) is 3. The van der Waals surface area contributed by atoms with Crippen molar-refractivity contribution in [2.24, 2.45) is 0 Å². The number of aliphatic hydroxyl groups is 2. The zero-order valence-electron chi connectivity index (χ0n) is 9.13. The minimum absolute atomic E-state index is 0.108. The highest BCUT2D eigenvalue weighted by Gasteiger charge is 2.26. The number of allylic oxidation sites excluding steroid dienone is 1. The smallest absolute Gasteiger partial charge is 0.199 e. The first-order chi connectivity index (χ1) is 8.11. The predicted octanol–water partition coefficient (Wildman–Crippen LogP) is 2.01. The van der Waals surface area contributed by atoms with Crippen molar-refractivity contribution < 1.29 is 15.0 Å². The number of aliphatic hydroxyl groups excluding tert-OH is 2. The van der Waals surface area contributed by atoms with Gasteiger partial charge in [-0.1, -0.05) is 43.0 Å². The van der Waals surface area contributed by atoms with Crippen LogP contribution in [0.25, 0.3) is 5.76 Å². The highest BCUT2D eigenvalue weighted by atomic mass is 16.3. The van der Waals surface area contributed by atoms with Crippen LogP contribution in [0.15, 0.2) is 60.2 Å². The Morgan fingerprint density at radius 1 is 1.18 bits per heavy atom. The summed E-state index contributed by atoms with van der Waals surface area (Å²) in [5.41, 5.74) is 0.982. The summed E-state index contributed by atoms with van der Waals surface area (Å²) in [6.45, 7) is 3.55. The monoisotopic (exact) mass is 228 g/mol. The molecular weight excluding hydrogens is 216 g/mol. The van der Waals surface area contributed by atoms with E-state index in [2.05, 4.69) is 6.58 Å². The lowest BCUT2D eigenvalue weighted by atomic mass is 9.92. The summed E-state index contributed by atoms with van der Waals surface area (Å²) in [4.78, 5) is 11.8. The Bertz CT molecular complexity index is 524. The van der Waals surface area contributed by atoms with E-state index in [1.54, 1.807) is 24.3 Å². The molecule has 1 atom stereocenters. The van der Waals surface area contributed by atoms with E-state index in [1.807, 2.05) is 6.07 Å². The zero-order chi connectivity index (χ0) is 12.4. The molecule has 0 fully saturated rings. The Morgan fingerprint density at radius 3 is 2.47 bits per heavy atom. The van der Waals surface area contributed by atoms with E-state index in [9.17, 15) is 15.0 Å². The maximum atomic E-state index is 11.8. The van der Waals surface area contributed by atoms with E-state index in [-0.39, 0.29) is 11.3 Å². The van der Waals surface area contributed by atoms with E-state index in [4.69, 9.17) is 0 Å². The second-order valence-electron chi connectivity index (χ2n) is 3.80. The molecule has 0 heterocycles. The topological polar surface area (TPSA) is 57.5 Å². The second-order valence-corrected chi connectivity index (χ2v) is 3.80. The molecule has 1 aromatic rings. The quantitative estimate of drug-likeness (QED) is 0.571. The average molecular weight is 228 g/mol. The van der Waals surface area contributed by atoms with E-state index in [0.29, 0.717) is 11.1 Å². The summed E-state index contributed by atoms with van der Waals surface area (Å²) in [5, 5.41) is 19.6. The fourth-order valence-electron chi connectivity index (χ4n) is 1.63. The van der Waals surface area contributed by atoms with Gasteiger partial charge in [0.25, 0.3) is 0 Å². The molecule has 0 amide bonds. The first kappa shape index (κ1) is 11.4. The van der Waals surface area contributed by atoms with Gasteiger partial charge in [0.05, 0.1) is 5.57 Å². The molecule has 1 aromatic carbocycles. The third-order valence-electron chi connectivity index (χ3n) is 2.63. The van der Waals surface area contributed by atoms with Gasteiger partial charge in [0, 0.05) is 5.56 Å². The number of benzene rings is 1. The van der Waals surface area contributed by atoms with Crippen LogP contribution in [0.4, 0.5) is 0 Å². The summed E-state index contributed by atoms with van der Waals surface area (Å²) >= 11 is 0. The Kier molecular flexibility index (Phi) is 2.93.